The van der Waals surface area contributed by atoms with Gasteiger partial charge in [-0.3, -0.25) is 0 Å². The van der Waals surface area contributed by atoms with Crippen molar-refractivity contribution in [3.8, 4) is 0 Å². The number of nitrogens with one attached hydrogen (secondary N) is 1. The summed E-state index contributed by atoms with van der Waals surface area (Å²) < 4.78 is 25.6. The van der Waals surface area contributed by atoms with Gasteiger partial charge in [-0.05, 0) is 47.9 Å². The number of hydrogen-bond donors (Lipinski definition) is 1. The van der Waals surface area contributed by atoms with Crippen LogP contribution in [0.2, 0.25) is 0 Å². The van der Waals surface area contributed by atoms with Gasteiger partial charge in [0, 0.05) is 13.1 Å². The largest absolute Gasteiger partial charge is 0.309 e. The fourth-order valence-electron chi connectivity index (χ4n) is 1.80. The first-order chi connectivity index (χ1) is 8.65. The molecule has 0 heterocycles. The van der Waals surface area contributed by atoms with E-state index in [1.54, 1.807) is 18.2 Å². The van der Waals surface area contributed by atoms with Gasteiger partial charge in [-0.15, -0.1) is 0 Å². The van der Waals surface area contributed by atoms with Crippen LogP contribution in [0.3, 0.4) is 0 Å². The minimum Gasteiger partial charge on any atom is -0.309 e. The van der Waals surface area contributed by atoms with Gasteiger partial charge in [0.2, 0.25) is 0 Å². The summed E-state index contributed by atoms with van der Waals surface area (Å²) in [7, 11) is 0. The summed E-state index contributed by atoms with van der Waals surface area (Å²) in [5, 5.41) is 3.25. The highest BCUT2D eigenvalue weighted by molar-refractivity contribution is 5.26. The van der Waals surface area contributed by atoms with Crippen molar-refractivity contribution in [1.29, 1.82) is 0 Å². The zero-order valence-corrected chi connectivity index (χ0v) is 10.2. The summed E-state index contributed by atoms with van der Waals surface area (Å²) in [4.78, 5) is 0. The standard InChI is InChI=1S/C15H15F2N/c1-11-8-15(17)7-4-13(11)10-18-9-12-2-5-14(16)6-3-12/h2-8,18H,9-10H2,1H3. The average Bonchev–Trinajstić information content (AvgIpc) is 2.34. The minimum absolute atomic E-state index is 0.213. The van der Waals surface area contributed by atoms with Crippen LogP contribution in [0, 0.1) is 18.6 Å². The van der Waals surface area contributed by atoms with E-state index in [2.05, 4.69) is 5.32 Å². The molecule has 18 heavy (non-hydrogen) atoms. The van der Waals surface area contributed by atoms with E-state index in [4.69, 9.17) is 0 Å². The Morgan fingerprint density at radius 3 is 2.22 bits per heavy atom. The fraction of sp³-hybridized carbons (Fsp3) is 0.200. The number of benzene rings is 2. The van der Waals surface area contributed by atoms with E-state index in [-0.39, 0.29) is 11.6 Å². The van der Waals surface area contributed by atoms with Crippen molar-refractivity contribution in [2.75, 3.05) is 0 Å². The molecule has 0 aliphatic carbocycles. The van der Waals surface area contributed by atoms with Crippen LogP contribution < -0.4 is 5.32 Å². The number of halogens is 2. The van der Waals surface area contributed by atoms with Crippen LogP contribution in [0.4, 0.5) is 8.78 Å². The number of hydrogen-bond acceptors (Lipinski definition) is 1. The lowest BCUT2D eigenvalue weighted by Gasteiger charge is -2.08. The van der Waals surface area contributed by atoms with E-state index in [1.165, 1.54) is 24.3 Å². The van der Waals surface area contributed by atoms with Gasteiger partial charge < -0.3 is 5.32 Å². The molecule has 3 heteroatoms. The maximum Gasteiger partial charge on any atom is 0.123 e. The van der Waals surface area contributed by atoms with Gasteiger partial charge in [0.15, 0.2) is 0 Å². The Morgan fingerprint density at radius 1 is 0.889 bits per heavy atom. The molecule has 0 bridgehead atoms. The van der Waals surface area contributed by atoms with Gasteiger partial charge in [0.25, 0.3) is 0 Å². The van der Waals surface area contributed by atoms with Gasteiger partial charge in [0.05, 0.1) is 0 Å². The predicted molar refractivity (Wildman–Crippen MR) is 68.1 cm³/mol. The van der Waals surface area contributed by atoms with E-state index in [0.717, 1.165) is 16.7 Å². The molecule has 0 aromatic heterocycles. The Morgan fingerprint density at radius 2 is 1.56 bits per heavy atom. The smallest absolute Gasteiger partial charge is 0.123 e. The van der Waals surface area contributed by atoms with E-state index >= 15 is 0 Å². The lowest BCUT2D eigenvalue weighted by atomic mass is 10.1. The van der Waals surface area contributed by atoms with Crippen LogP contribution in [0.15, 0.2) is 42.5 Å². The van der Waals surface area contributed by atoms with Crippen molar-refractivity contribution < 1.29 is 8.78 Å². The van der Waals surface area contributed by atoms with Crippen molar-refractivity contribution in [3.63, 3.8) is 0 Å². The second kappa shape index (κ2) is 5.74. The Hall–Kier alpha value is -1.74. The van der Waals surface area contributed by atoms with E-state index in [0.29, 0.717) is 13.1 Å². The third kappa shape index (κ3) is 3.37. The van der Waals surface area contributed by atoms with Crippen LogP contribution >= 0.6 is 0 Å². The summed E-state index contributed by atoms with van der Waals surface area (Å²) in [5.41, 5.74) is 3.02. The first kappa shape index (κ1) is 12.7. The molecule has 0 saturated carbocycles. The van der Waals surface area contributed by atoms with Crippen LogP contribution in [-0.4, -0.2) is 0 Å². The predicted octanol–water partition coefficient (Wildman–Crippen LogP) is 3.56. The van der Waals surface area contributed by atoms with Crippen molar-refractivity contribution in [1.82, 2.24) is 5.32 Å². The SMILES string of the molecule is Cc1cc(F)ccc1CNCc1ccc(F)cc1. The molecule has 2 aromatic rings. The summed E-state index contributed by atoms with van der Waals surface area (Å²) in [6.07, 6.45) is 0. The highest BCUT2D eigenvalue weighted by atomic mass is 19.1. The molecule has 1 N–H and O–H groups in total. The van der Waals surface area contributed by atoms with Gasteiger partial charge in [-0.2, -0.15) is 0 Å². The third-order valence-electron chi connectivity index (χ3n) is 2.86. The summed E-state index contributed by atoms with van der Waals surface area (Å²) in [6.45, 7) is 3.22. The van der Waals surface area contributed by atoms with Crippen molar-refractivity contribution in [3.05, 3.63) is 70.8 Å². The normalized spacial score (nSPS) is 10.6. The monoisotopic (exact) mass is 247 g/mol. The van der Waals surface area contributed by atoms with Gasteiger partial charge in [0.1, 0.15) is 11.6 Å². The topological polar surface area (TPSA) is 12.0 Å². The van der Waals surface area contributed by atoms with Crippen LogP contribution in [0.1, 0.15) is 16.7 Å². The highest BCUT2D eigenvalue weighted by Crippen LogP contribution is 2.10. The Balaban J connectivity index is 1.90. The Labute approximate surface area is 105 Å². The fourth-order valence-corrected chi connectivity index (χ4v) is 1.80. The molecule has 0 radical (unpaired) electrons. The molecule has 0 unspecified atom stereocenters. The lowest BCUT2D eigenvalue weighted by molar-refractivity contribution is 0.621. The average molecular weight is 247 g/mol. The quantitative estimate of drug-likeness (QED) is 0.871. The molecule has 2 aromatic carbocycles. The number of rotatable bonds is 4. The molecule has 0 saturated heterocycles. The first-order valence-electron chi connectivity index (χ1n) is 5.85. The van der Waals surface area contributed by atoms with Crippen molar-refractivity contribution in [2.24, 2.45) is 0 Å². The molecule has 0 aliphatic rings. The maximum absolute atomic E-state index is 12.9. The molecule has 1 nitrogen and oxygen atoms in total. The van der Waals surface area contributed by atoms with E-state index < -0.39 is 0 Å². The molecule has 0 fully saturated rings. The maximum atomic E-state index is 12.9. The minimum atomic E-state index is -0.229. The van der Waals surface area contributed by atoms with Crippen molar-refractivity contribution >= 4 is 0 Å². The first-order valence-corrected chi connectivity index (χ1v) is 5.85. The Kier molecular flexibility index (Phi) is 4.05. The molecule has 94 valence electrons. The van der Waals surface area contributed by atoms with E-state index in [1.807, 2.05) is 6.92 Å². The molecule has 0 amide bonds. The second-order valence-corrected chi connectivity index (χ2v) is 4.30. The molecule has 0 atom stereocenters. The van der Waals surface area contributed by atoms with Crippen LogP contribution in [0.5, 0.6) is 0 Å². The van der Waals surface area contributed by atoms with Gasteiger partial charge in [-0.25, -0.2) is 8.78 Å². The Bertz CT molecular complexity index is 521. The van der Waals surface area contributed by atoms with Crippen LogP contribution in [-0.2, 0) is 13.1 Å². The third-order valence-corrected chi connectivity index (χ3v) is 2.86. The molecule has 0 spiro atoms. The molecular weight excluding hydrogens is 232 g/mol. The highest BCUT2D eigenvalue weighted by Gasteiger charge is 2.00. The zero-order chi connectivity index (χ0) is 13.0. The van der Waals surface area contributed by atoms with Crippen molar-refractivity contribution in [2.45, 2.75) is 20.0 Å². The molecule has 2 rings (SSSR count). The summed E-state index contributed by atoms with van der Waals surface area (Å²) >= 11 is 0. The molecular formula is C15H15F2N. The van der Waals surface area contributed by atoms with E-state index in [9.17, 15) is 8.78 Å². The van der Waals surface area contributed by atoms with Gasteiger partial charge >= 0.3 is 0 Å². The summed E-state index contributed by atoms with van der Waals surface area (Å²) in [6, 6.07) is 11.2. The lowest BCUT2D eigenvalue weighted by Crippen LogP contribution is -2.13. The van der Waals surface area contributed by atoms with Crippen LogP contribution in [0.25, 0.3) is 0 Å². The number of aryl methyl sites for hydroxylation is 1. The second-order valence-electron chi connectivity index (χ2n) is 4.30. The summed E-state index contributed by atoms with van der Waals surface area (Å²) in [5.74, 6) is -0.442. The zero-order valence-electron chi connectivity index (χ0n) is 10.2. The molecule has 0 aliphatic heterocycles. The van der Waals surface area contributed by atoms with Gasteiger partial charge in [-0.1, -0.05) is 18.2 Å².